The van der Waals surface area contributed by atoms with E-state index in [4.69, 9.17) is 4.74 Å². The fourth-order valence-electron chi connectivity index (χ4n) is 1.77. The Morgan fingerprint density at radius 3 is 2.76 bits per heavy atom. The highest BCUT2D eigenvalue weighted by Crippen LogP contribution is 2.26. The quantitative estimate of drug-likeness (QED) is 0.765. The van der Waals surface area contributed by atoms with Crippen molar-refractivity contribution in [1.29, 1.82) is 0 Å². The van der Waals surface area contributed by atoms with Crippen LogP contribution in [0.3, 0.4) is 0 Å². The first-order valence-electron chi connectivity index (χ1n) is 6.35. The molecule has 17 heavy (non-hydrogen) atoms. The Balaban J connectivity index is 2.56. The highest BCUT2D eigenvalue weighted by atomic mass is 16.5. The minimum absolute atomic E-state index is 0.206. The molecule has 96 valence electrons. The summed E-state index contributed by atoms with van der Waals surface area (Å²) in [5, 5.41) is 13.0. The molecule has 3 nitrogen and oxygen atoms in total. The maximum absolute atomic E-state index is 9.58. The van der Waals surface area contributed by atoms with Crippen molar-refractivity contribution in [2.45, 2.75) is 46.2 Å². The van der Waals surface area contributed by atoms with E-state index in [0.717, 1.165) is 12.1 Å². The molecule has 0 fully saturated rings. The van der Waals surface area contributed by atoms with Gasteiger partial charge in [0.1, 0.15) is 0 Å². The topological polar surface area (TPSA) is 41.5 Å². The fraction of sp³-hybridized carbons (Fsp3) is 0.571. The summed E-state index contributed by atoms with van der Waals surface area (Å²) in [5.74, 6) is 0.771. The summed E-state index contributed by atoms with van der Waals surface area (Å²) in [4.78, 5) is 0. The number of nitrogens with one attached hydrogen (secondary N) is 1. The van der Waals surface area contributed by atoms with E-state index in [1.807, 2.05) is 19.1 Å². The molecule has 0 heterocycles. The lowest BCUT2D eigenvalue weighted by Gasteiger charge is -2.13. The van der Waals surface area contributed by atoms with Crippen molar-refractivity contribution in [2.75, 3.05) is 6.61 Å². The lowest BCUT2D eigenvalue weighted by atomic mass is 10.1. The highest BCUT2D eigenvalue weighted by Gasteiger charge is 2.05. The Bertz CT molecular complexity index is 339. The van der Waals surface area contributed by atoms with Crippen LogP contribution in [0.2, 0.25) is 0 Å². The molecule has 3 heteroatoms. The van der Waals surface area contributed by atoms with Crippen molar-refractivity contribution >= 4 is 0 Å². The van der Waals surface area contributed by atoms with Gasteiger partial charge in [-0.05, 0) is 38.0 Å². The zero-order chi connectivity index (χ0) is 12.7. The zero-order valence-corrected chi connectivity index (χ0v) is 11.0. The van der Waals surface area contributed by atoms with Crippen molar-refractivity contribution in [3.63, 3.8) is 0 Å². The molecule has 1 atom stereocenters. The molecular formula is C14H23NO2. The largest absolute Gasteiger partial charge is 0.504 e. The number of ether oxygens (including phenoxy) is 1. The second kappa shape index (κ2) is 7.17. The molecule has 1 aromatic carbocycles. The van der Waals surface area contributed by atoms with Crippen LogP contribution in [0.25, 0.3) is 0 Å². The average Bonchev–Trinajstić information content (AvgIpc) is 2.31. The molecule has 1 aromatic rings. The van der Waals surface area contributed by atoms with E-state index >= 15 is 0 Å². The lowest BCUT2D eigenvalue weighted by Crippen LogP contribution is -2.25. The average molecular weight is 237 g/mol. The predicted molar refractivity (Wildman–Crippen MR) is 70.5 cm³/mol. The Labute approximate surface area is 104 Å². The first-order chi connectivity index (χ1) is 8.17. The lowest BCUT2D eigenvalue weighted by molar-refractivity contribution is 0.317. The van der Waals surface area contributed by atoms with Gasteiger partial charge in [-0.2, -0.15) is 0 Å². The van der Waals surface area contributed by atoms with Gasteiger partial charge in [0, 0.05) is 12.6 Å². The molecule has 0 saturated carbocycles. The second-order valence-electron chi connectivity index (χ2n) is 4.31. The van der Waals surface area contributed by atoms with Crippen LogP contribution in [-0.4, -0.2) is 17.8 Å². The SMILES string of the molecule is CCCC(C)NCc1ccc(O)c(OCC)c1. The van der Waals surface area contributed by atoms with Crippen molar-refractivity contribution < 1.29 is 9.84 Å². The first kappa shape index (κ1) is 13.8. The predicted octanol–water partition coefficient (Wildman–Crippen LogP) is 3.07. The Morgan fingerprint density at radius 1 is 1.35 bits per heavy atom. The van der Waals surface area contributed by atoms with E-state index in [0.29, 0.717) is 18.4 Å². The minimum atomic E-state index is 0.206. The van der Waals surface area contributed by atoms with Gasteiger partial charge in [-0.25, -0.2) is 0 Å². The van der Waals surface area contributed by atoms with Gasteiger partial charge in [0.15, 0.2) is 11.5 Å². The van der Waals surface area contributed by atoms with Crippen molar-refractivity contribution in [3.05, 3.63) is 23.8 Å². The standard InChI is InChI=1S/C14H23NO2/c1-4-6-11(3)15-10-12-7-8-13(16)14(9-12)17-5-2/h7-9,11,15-16H,4-6,10H2,1-3H3. The van der Waals surface area contributed by atoms with Gasteiger partial charge < -0.3 is 15.2 Å². The van der Waals surface area contributed by atoms with E-state index in [2.05, 4.69) is 19.2 Å². The third-order valence-electron chi connectivity index (χ3n) is 2.70. The summed E-state index contributed by atoms with van der Waals surface area (Å²) in [5.41, 5.74) is 1.13. The van der Waals surface area contributed by atoms with Gasteiger partial charge in [-0.15, -0.1) is 0 Å². The summed E-state index contributed by atoms with van der Waals surface area (Å²) in [7, 11) is 0. The van der Waals surface area contributed by atoms with E-state index in [1.54, 1.807) is 6.07 Å². The maximum atomic E-state index is 9.58. The third-order valence-corrected chi connectivity index (χ3v) is 2.70. The van der Waals surface area contributed by atoms with Crippen LogP contribution in [-0.2, 0) is 6.54 Å². The number of benzene rings is 1. The maximum Gasteiger partial charge on any atom is 0.161 e. The minimum Gasteiger partial charge on any atom is -0.504 e. The van der Waals surface area contributed by atoms with Gasteiger partial charge in [0.25, 0.3) is 0 Å². The van der Waals surface area contributed by atoms with Gasteiger partial charge in [0.05, 0.1) is 6.61 Å². The summed E-state index contributed by atoms with van der Waals surface area (Å²) >= 11 is 0. The van der Waals surface area contributed by atoms with Crippen LogP contribution in [0.5, 0.6) is 11.5 Å². The smallest absolute Gasteiger partial charge is 0.161 e. The molecule has 1 rings (SSSR count). The number of hydrogen-bond acceptors (Lipinski definition) is 3. The van der Waals surface area contributed by atoms with Crippen LogP contribution < -0.4 is 10.1 Å². The Kier molecular flexibility index (Phi) is 5.84. The monoisotopic (exact) mass is 237 g/mol. The number of aromatic hydroxyl groups is 1. The van der Waals surface area contributed by atoms with Crippen molar-refractivity contribution in [3.8, 4) is 11.5 Å². The number of hydrogen-bond donors (Lipinski definition) is 2. The molecule has 0 aromatic heterocycles. The van der Waals surface area contributed by atoms with E-state index < -0.39 is 0 Å². The van der Waals surface area contributed by atoms with Crippen molar-refractivity contribution in [1.82, 2.24) is 5.32 Å². The molecule has 0 bridgehead atoms. The molecule has 2 N–H and O–H groups in total. The molecule has 1 unspecified atom stereocenters. The van der Waals surface area contributed by atoms with Crippen LogP contribution in [0.1, 0.15) is 39.2 Å². The summed E-state index contributed by atoms with van der Waals surface area (Å²) < 4.78 is 5.35. The number of phenolic OH excluding ortho intramolecular Hbond substituents is 1. The number of phenols is 1. The zero-order valence-electron chi connectivity index (χ0n) is 11.0. The molecular weight excluding hydrogens is 214 g/mol. The molecule has 0 amide bonds. The molecule has 0 saturated heterocycles. The molecule has 0 aliphatic heterocycles. The van der Waals surface area contributed by atoms with Gasteiger partial charge in [-0.1, -0.05) is 19.4 Å². The number of rotatable bonds is 7. The Hall–Kier alpha value is -1.22. The third kappa shape index (κ3) is 4.65. The van der Waals surface area contributed by atoms with Gasteiger partial charge >= 0.3 is 0 Å². The first-order valence-corrected chi connectivity index (χ1v) is 6.35. The molecule has 0 aliphatic carbocycles. The van der Waals surface area contributed by atoms with Crippen LogP contribution in [0, 0.1) is 0 Å². The van der Waals surface area contributed by atoms with Crippen LogP contribution in [0.15, 0.2) is 18.2 Å². The normalized spacial score (nSPS) is 12.4. The summed E-state index contributed by atoms with van der Waals surface area (Å²) in [6.07, 6.45) is 2.37. The summed E-state index contributed by atoms with van der Waals surface area (Å²) in [6, 6.07) is 6.02. The highest BCUT2D eigenvalue weighted by molar-refractivity contribution is 5.41. The fourth-order valence-corrected chi connectivity index (χ4v) is 1.77. The van der Waals surface area contributed by atoms with Gasteiger partial charge in [0.2, 0.25) is 0 Å². The molecule has 0 radical (unpaired) electrons. The van der Waals surface area contributed by atoms with E-state index in [-0.39, 0.29) is 5.75 Å². The molecule has 0 spiro atoms. The van der Waals surface area contributed by atoms with Crippen molar-refractivity contribution in [2.24, 2.45) is 0 Å². The van der Waals surface area contributed by atoms with Crippen LogP contribution in [0.4, 0.5) is 0 Å². The van der Waals surface area contributed by atoms with E-state index in [1.165, 1.54) is 12.8 Å². The van der Waals surface area contributed by atoms with E-state index in [9.17, 15) is 5.11 Å². The summed E-state index contributed by atoms with van der Waals surface area (Å²) in [6.45, 7) is 7.66. The molecule has 0 aliphatic rings. The van der Waals surface area contributed by atoms with Gasteiger partial charge in [-0.3, -0.25) is 0 Å². The van der Waals surface area contributed by atoms with Crippen LogP contribution >= 0.6 is 0 Å². The second-order valence-corrected chi connectivity index (χ2v) is 4.31. The Morgan fingerprint density at radius 2 is 2.12 bits per heavy atom.